The SMILES string of the molecule is COC(=O)[C@H](Cc1ccccc1)N(Cc1ccccc1)C(=O)/C=C/c1ccc(C)cc1. The number of amides is 1. The van der Waals surface area contributed by atoms with Gasteiger partial charge < -0.3 is 9.64 Å². The number of carbonyl (C=O) groups is 2. The van der Waals surface area contributed by atoms with Gasteiger partial charge in [-0.05, 0) is 29.7 Å². The number of ether oxygens (including phenoxy) is 1. The van der Waals surface area contributed by atoms with Crippen LogP contribution in [0.15, 0.2) is 91.0 Å². The van der Waals surface area contributed by atoms with E-state index in [0.717, 1.165) is 22.3 Å². The number of nitrogens with zero attached hydrogens (tertiary/aromatic N) is 1. The fourth-order valence-corrected chi connectivity index (χ4v) is 3.36. The van der Waals surface area contributed by atoms with E-state index in [9.17, 15) is 9.59 Å². The van der Waals surface area contributed by atoms with Crippen molar-refractivity contribution in [1.29, 1.82) is 0 Å². The van der Waals surface area contributed by atoms with Gasteiger partial charge in [0.1, 0.15) is 6.04 Å². The van der Waals surface area contributed by atoms with Gasteiger partial charge in [-0.15, -0.1) is 0 Å². The normalized spacial score (nSPS) is 11.8. The Morgan fingerprint density at radius 2 is 1.45 bits per heavy atom. The fourth-order valence-electron chi connectivity index (χ4n) is 3.36. The highest BCUT2D eigenvalue weighted by molar-refractivity contribution is 5.94. The smallest absolute Gasteiger partial charge is 0.328 e. The van der Waals surface area contributed by atoms with E-state index in [1.807, 2.05) is 91.9 Å². The summed E-state index contributed by atoms with van der Waals surface area (Å²) in [7, 11) is 1.35. The molecule has 31 heavy (non-hydrogen) atoms. The van der Waals surface area contributed by atoms with Crippen LogP contribution in [0.3, 0.4) is 0 Å². The van der Waals surface area contributed by atoms with E-state index in [4.69, 9.17) is 4.74 Å². The van der Waals surface area contributed by atoms with Gasteiger partial charge in [-0.3, -0.25) is 4.79 Å². The molecule has 0 aliphatic heterocycles. The predicted molar refractivity (Wildman–Crippen MR) is 123 cm³/mol. The third-order valence-electron chi connectivity index (χ3n) is 5.10. The first-order chi connectivity index (χ1) is 15.1. The maximum Gasteiger partial charge on any atom is 0.328 e. The minimum absolute atomic E-state index is 0.240. The molecule has 0 saturated carbocycles. The van der Waals surface area contributed by atoms with Crippen LogP contribution in [0.25, 0.3) is 6.08 Å². The number of benzene rings is 3. The summed E-state index contributed by atoms with van der Waals surface area (Å²) in [6, 6.07) is 26.5. The zero-order valence-electron chi connectivity index (χ0n) is 17.9. The molecule has 0 unspecified atom stereocenters. The van der Waals surface area contributed by atoms with Crippen molar-refractivity contribution in [1.82, 2.24) is 4.90 Å². The van der Waals surface area contributed by atoms with Gasteiger partial charge in [-0.1, -0.05) is 90.5 Å². The Labute approximate surface area is 183 Å². The van der Waals surface area contributed by atoms with Crippen molar-refractivity contribution in [2.45, 2.75) is 25.9 Å². The van der Waals surface area contributed by atoms with Gasteiger partial charge in [-0.25, -0.2) is 4.79 Å². The van der Waals surface area contributed by atoms with Crippen LogP contribution < -0.4 is 0 Å². The van der Waals surface area contributed by atoms with Crippen LogP contribution in [0.5, 0.6) is 0 Å². The van der Waals surface area contributed by atoms with E-state index >= 15 is 0 Å². The molecule has 3 aromatic carbocycles. The second-order valence-corrected chi connectivity index (χ2v) is 7.42. The molecule has 0 fully saturated rings. The summed E-state index contributed by atoms with van der Waals surface area (Å²) in [6.45, 7) is 2.33. The number of rotatable bonds is 8. The summed E-state index contributed by atoms with van der Waals surface area (Å²) < 4.78 is 5.07. The maximum absolute atomic E-state index is 13.3. The van der Waals surface area contributed by atoms with Crippen molar-refractivity contribution in [2.24, 2.45) is 0 Å². The van der Waals surface area contributed by atoms with Crippen LogP contribution in [0.1, 0.15) is 22.3 Å². The standard InChI is InChI=1S/C27H27NO3/c1-21-13-15-22(16-14-21)17-18-26(29)28(20-24-11-7-4-8-12-24)25(27(30)31-2)19-23-9-5-3-6-10-23/h3-18,25H,19-20H2,1-2H3/b18-17+/t25-/m0/s1. The van der Waals surface area contributed by atoms with Gasteiger partial charge in [0.2, 0.25) is 5.91 Å². The molecule has 0 aliphatic rings. The molecule has 3 aromatic rings. The minimum Gasteiger partial charge on any atom is -0.467 e. The van der Waals surface area contributed by atoms with Gasteiger partial charge in [0.25, 0.3) is 0 Å². The zero-order valence-corrected chi connectivity index (χ0v) is 17.9. The summed E-state index contributed by atoms with van der Waals surface area (Å²) in [5, 5.41) is 0. The van der Waals surface area contributed by atoms with Crippen LogP contribution >= 0.6 is 0 Å². The molecule has 0 N–H and O–H groups in total. The molecule has 0 aliphatic carbocycles. The van der Waals surface area contributed by atoms with Crippen LogP contribution in [-0.4, -0.2) is 29.9 Å². The van der Waals surface area contributed by atoms with Crippen LogP contribution in [0.4, 0.5) is 0 Å². The van der Waals surface area contributed by atoms with Crippen molar-refractivity contribution in [2.75, 3.05) is 7.11 Å². The van der Waals surface area contributed by atoms with Gasteiger partial charge in [0.15, 0.2) is 0 Å². The van der Waals surface area contributed by atoms with Crippen LogP contribution in [0.2, 0.25) is 0 Å². The average Bonchev–Trinajstić information content (AvgIpc) is 2.81. The highest BCUT2D eigenvalue weighted by Gasteiger charge is 2.30. The second kappa shape index (κ2) is 10.9. The first kappa shape index (κ1) is 22.0. The van der Waals surface area contributed by atoms with E-state index in [2.05, 4.69) is 0 Å². The van der Waals surface area contributed by atoms with Gasteiger partial charge in [0.05, 0.1) is 7.11 Å². The third-order valence-corrected chi connectivity index (χ3v) is 5.10. The van der Waals surface area contributed by atoms with Gasteiger partial charge in [-0.2, -0.15) is 0 Å². The lowest BCUT2D eigenvalue weighted by molar-refractivity contribution is -0.151. The Balaban J connectivity index is 1.91. The first-order valence-corrected chi connectivity index (χ1v) is 10.3. The molecule has 1 amide bonds. The molecule has 0 aromatic heterocycles. The Hall–Kier alpha value is -3.66. The maximum atomic E-state index is 13.3. The number of esters is 1. The summed E-state index contributed by atoms with van der Waals surface area (Å²) in [6.07, 6.45) is 3.68. The topological polar surface area (TPSA) is 46.6 Å². The number of aryl methyl sites for hydroxylation is 1. The fraction of sp³-hybridized carbons (Fsp3) is 0.185. The quantitative estimate of drug-likeness (QED) is 0.393. The molecular weight excluding hydrogens is 386 g/mol. The minimum atomic E-state index is -0.734. The van der Waals surface area contributed by atoms with Crippen molar-refractivity contribution in [3.8, 4) is 0 Å². The van der Waals surface area contributed by atoms with E-state index in [0.29, 0.717) is 13.0 Å². The molecule has 0 radical (unpaired) electrons. The molecule has 4 heteroatoms. The molecule has 0 spiro atoms. The van der Waals surface area contributed by atoms with E-state index in [1.54, 1.807) is 11.0 Å². The van der Waals surface area contributed by atoms with Gasteiger partial charge >= 0.3 is 5.97 Å². The third kappa shape index (κ3) is 6.41. The second-order valence-electron chi connectivity index (χ2n) is 7.42. The highest BCUT2D eigenvalue weighted by Crippen LogP contribution is 2.16. The van der Waals surface area contributed by atoms with Crippen LogP contribution in [-0.2, 0) is 27.3 Å². The Bertz CT molecular complexity index is 1010. The van der Waals surface area contributed by atoms with Crippen LogP contribution in [0, 0.1) is 6.92 Å². The highest BCUT2D eigenvalue weighted by atomic mass is 16.5. The van der Waals surface area contributed by atoms with Crippen molar-refractivity contribution in [3.05, 3.63) is 113 Å². The van der Waals surface area contributed by atoms with E-state index < -0.39 is 12.0 Å². The largest absolute Gasteiger partial charge is 0.467 e. The average molecular weight is 414 g/mol. The van der Waals surface area contributed by atoms with Gasteiger partial charge in [0, 0.05) is 19.0 Å². The molecular formula is C27H27NO3. The van der Waals surface area contributed by atoms with E-state index in [1.165, 1.54) is 13.2 Å². The molecule has 4 nitrogen and oxygen atoms in total. The number of hydrogen-bond donors (Lipinski definition) is 0. The lowest BCUT2D eigenvalue weighted by atomic mass is 10.0. The predicted octanol–water partition coefficient (Wildman–Crippen LogP) is 4.82. The molecule has 1 atom stereocenters. The number of carbonyl (C=O) groups excluding carboxylic acids is 2. The molecule has 0 heterocycles. The molecule has 158 valence electrons. The Kier molecular flexibility index (Phi) is 7.77. The Morgan fingerprint density at radius 1 is 0.871 bits per heavy atom. The summed E-state index contributed by atoms with van der Waals surface area (Å²) in [4.78, 5) is 27.6. The van der Waals surface area contributed by atoms with Crippen molar-refractivity contribution >= 4 is 18.0 Å². The molecule has 0 saturated heterocycles. The summed E-state index contributed by atoms with van der Waals surface area (Å²) in [5.74, 6) is -0.673. The van der Waals surface area contributed by atoms with Crippen molar-refractivity contribution < 1.29 is 14.3 Å². The van der Waals surface area contributed by atoms with Crippen molar-refractivity contribution in [3.63, 3.8) is 0 Å². The molecule has 3 rings (SSSR count). The lowest BCUT2D eigenvalue weighted by Gasteiger charge is -2.29. The first-order valence-electron chi connectivity index (χ1n) is 10.3. The van der Waals surface area contributed by atoms with E-state index in [-0.39, 0.29) is 5.91 Å². The Morgan fingerprint density at radius 3 is 2.03 bits per heavy atom. The summed E-state index contributed by atoms with van der Waals surface area (Å²) in [5.41, 5.74) is 3.99. The zero-order chi connectivity index (χ0) is 22.1. The monoisotopic (exact) mass is 413 g/mol. The lowest BCUT2D eigenvalue weighted by Crippen LogP contribution is -2.46. The number of hydrogen-bond acceptors (Lipinski definition) is 3. The molecule has 0 bridgehead atoms. The number of methoxy groups -OCH3 is 1. The summed E-state index contributed by atoms with van der Waals surface area (Å²) >= 11 is 0.